The van der Waals surface area contributed by atoms with Crippen molar-refractivity contribution in [1.29, 1.82) is 10.5 Å². The maximum absolute atomic E-state index is 11.9. The Morgan fingerprint density at radius 1 is 1.22 bits per heavy atom. The summed E-state index contributed by atoms with van der Waals surface area (Å²) in [7, 11) is 0. The molecule has 0 aromatic heterocycles. The van der Waals surface area contributed by atoms with E-state index in [1.807, 2.05) is 0 Å². The fourth-order valence-electron chi connectivity index (χ4n) is 1.39. The van der Waals surface area contributed by atoms with Crippen LogP contribution in [-0.2, 0) is 14.3 Å². The van der Waals surface area contributed by atoms with Crippen molar-refractivity contribution in [3.63, 3.8) is 0 Å². The molecular weight excluding hydrogens is 306 g/mol. The Kier molecular flexibility index (Phi) is 5.96. The Morgan fingerprint density at radius 2 is 1.78 bits per heavy atom. The number of rotatable bonds is 5. The third-order valence-electron chi connectivity index (χ3n) is 2.42. The summed E-state index contributed by atoms with van der Waals surface area (Å²) < 4.78 is 9.36. The van der Waals surface area contributed by atoms with Crippen molar-refractivity contribution >= 4 is 17.6 Å². The van der Waals surface area contributed by atoms with Gasteiger partial charge in [0.15, 0.2) is 5.57 Å². The van der Waals surface area contributed by atoms with Gasteiger partial charge in [0.05, 0.1) is 17.1 Å². The zero-order chi connectivity index (χ0) is 17.4. The Bertz CT molecular complexity index is 736. The molecule has 0 fully saturated rings. The van der Waals surface area contributed by atoms with E-state index in [0.717, 1.165) is 24.3 Å². The molecule has 1 rings (SSSR count). The van der Waals surface area contributed by atoms with Gasteiger partial charge in [-0.3, -0.25) is 10.1 Å². The van der Waals surface area contributed by atoms with Gasteiger partial charge in [0.2, 0.25) is 5.76 Å². The van der Waals surface area contributed by atoms with Gasteiger partial charge in [-0.1, -0.05) is 0 Å². The summed E-state index contributed by atoms with van der Waals surface area (Å²) in [6.45, 7) is 1.44. The van der Waals surface area contributed by atoms with E-state index >= 15 is 0 Å². The highest BCUT2D eigenvalue weighted by molar-refractivity contribution is 5.97. The van der Waals surface area contributed by atoms with Gasteiger partial charge in [0.1, 0.15) is 12.1 Å². The number of hydrogen-bond acceptors (Lipinski definition) is 8. The van der Waals surface area contributed by atoms with Crippen LogP contribution in [0.5, 0.6) is 0 Å². The van der Waals surface area contributed by atoms with Crippen molar-refractivity contribution < 1.29 is 24.0 Å². The molecule has 0 heterocycles. The molecule has 9 heteroatoms. The second kappa shape index (κ2) is 7.90. The molecular formula is C14H9N3O6. The third kappa shape index (κ3) is 4.37. The number of carbonyl (C=O) groups is 2. The van der Waals surface area contributed by atoms with Crippen LogP contribution in [0.15, 0.2) is 35.6 Å². The van der Waals surface area contributed by atoms with Crippen LogP contribution in [0.2, 0.25) is 0 Å². The molecule has 9 nitrogen and oxygen atoms in total. The largest absolute Gasteiger partial charge is 0.460 e. The Morgan fingerprint density at radius 3 is 2.22 bits per heavy atom. The van der Waals surface area contributed by atoms with Gasteiger partial charge in [0, 0.05) is 12.1 Å². The van der Waals surface area contributed by atoms with E-state index < -0.39 is 28.2 Å². The van der Waals surface area contributed by atoms with Crippen molar-refractivity contribution in [2.45, 2.75) is 6.92 Å². The summed E-state index contributed by atoms with van der Waals surface area (Å²) >= 11 is 0. The monoisotopic (exact) mass is 315 g/mol. The predicted octanol–water partition coefficient (Wildman–Crippen LogP) is 1.62. The number of nitro groups is 1. The molecule has 1 aromatic rings. The number of allylic oxidation sites excluding steroid dienone is 1. The number of nitro benzene ring substituents is 1. The zero-order valence-electron chi connectivity index (χ0n) is 11.8. The normalized spacial score (nSPS) is 9.00. The Hall–Kier alpha value is -3.72. The molecule has 0 N–H and O–H groups in total. The van der Waals surface area contributed by atoms with E-state index in [4.69, 9.17) is 15.3 Å². The van der Waals surface area contributed by atoms with Crippen LogP contribution in [-0.4, -0.2) is 23.5 Å². The molecule has 0 saturated carbocycles. The highest BCUT2D eigenvalue weighted by Crippen LogP contribution is 2.15. The number of esters is 2. The fraction of sp³-hybridized carbons (Fsp3) is 0.143. The van der Waals surface area contributed by atoms with Crippen LogP contribution >= 0.6 is 0 Å². The predicted molar refractivity (Wildman–Crippen MR) is 73.4 cm³/mol. The molecule has 0 aliphatic carbocycles. The third-order valence-corrected chi connectivity index (χ3v) is 2.42. The second-order valence-corrected chi connectivity index (χ2v) is 3.84. The number of ether oxygens (including phenoxy) is 2. The minimum absolute atomic E-state index is 0.0540. The summed E-state index contributed by atoms with van der Waals surface area (Å²) in [5, 5.41) is 28.1. The molecule has 0 aliphatic heterocycles. The molecule has 0 atom stereocenters. The minimum atomic E-state index is -1.14. The summed E-state index contributed by atoms with van der Waals surface area (Å²) in [5.74, 6) is -3.04. The van der Waals surface area contributed by atoms with Gasteiger partial charge in [-0.2, -0.15) is 10.5 Å². The maximum atomic E-state index is 11.9. The molecule has 116 valence electrons. The van der Waals surface area contributed by atoms with Gasteiger partial charge in [0.25, 0.3) is 5.69 Å². The first-order valence-corrected chi connectivity index (χ1v) is 6.12. The van der Waals surface area contributed by atoms with E-state index in [-0.39, 0.29) is 17.9 Å². The second-order valence-electron chi connectivity index (χ2n) is 3.84. The molecule has 0 bridgehead atoms. The molecule has 0 saturated heterocycles. The number of hydrogen-bond donors (Lipinski definition) is 0. The minimum Gasteiger partial charge on any atom is -0.460 e. The first-order chi connectivity index (χ1) is 10.9. The first kappa shape index (κ1) is 17.3. The van der Waals surface area contributed by atoms with Crippen LogP contribution in [0.25, 0.3) is 0 Å². The standard InChI is InChI=1S/C14H9N3O6/c1-2-22-14(19)12(10(7-15)8-16)23-13(18)9-3-5-11(6-4-9)17(20)21/h3-6H,2H2,1H3. The van der Waals surface area contributed by atoms with Crippen LogP contribution in [0, 0.1) is 32.8 Å². The number of nitriles is 2. The van der Waals surface area contributed by atoms with Crippen LogP contribution in [0.4, 0.5) is 5.69 Å². The molecule has 0 spiro atoms. The first-order valence-electron chi connectivity index (χ1n) is 6.12. The van der Waals surface area contributed by atoms with Crippen molar-refractivity contribution in [3.8, 4) is 12.1 Å². The van der Waals surface area contributed by atoms with E-state index in [1.54, 1.807) is 0 Å². The lowest BCUT2D eigenvalue weighted by molar-refractivity contribution is -0.384. The van der Waals surface area contributed by atoms with Gasteiger partial charge >= 0.3 is 11.9 Å². The molecule has 0 radical (unpaired) electrons. The smallest absolute Gasteiger partial charge is 0.376 e. The van der Waals surface area contributed by atoms with E-state index in [9.17, 15) is 19.7 Å². The van der Waals surface area contributed by atoms with Crippen molar-refractivity contribution in [2.24, 2.45) is 0 Å². The molecule has 0 amide bonds. The summed E-state index contributed by atoms with van der Waals surface area (Å²) in [5.41, 5.74) is -1.07. The molecule has 0 unspecified atom stereocenters. The highest BCUT2D eigenvalue weighted by atomic mass is 16.6. The van der Waals surface area contributed by atoms with Crippen LogP contribution in [0.3, 0.4) is 0 Å². The Balaban J connectivity index is 3.09. The number of non-ortho nitro benzene ring substituents is 1. The number of benzene rings is 1. The lowest BCUT2D eigenvalue weighted by Crippen LogP contribution is -2.16. The summed E-state index contributed by atoms with van der Waals surface area (Å²) in [4.78, 5) is 33.5. The van der Waals surface area contributed by atoms with Gasteiger partial charge in [-0.25, -0.2) is 9.59 Å². The topological polar surface area (TPSA) is 143 Å². The molecule has 23 heavy (non-hydrogen) atoms. The van der Waals surface area contributed by atoms with E-state index in [0.29, 0.717) is 0 Å². The lowest BCUT2D eigenvalue weighted by atomic mass is 10.2. The number of nitrogens with zero attached hydrogens (tertiary/aromatic N) is 3. The van der Waals surface area contributed by atoms with Crippen LogP contribution in [0.1, 0.15) is 17.3 Å². The summed E-state index contributed by atoms with van der Waals surface area (Å²) in [6.07, 6.45) is 0. The van der Waals surface area contributed by atoms with Crippen molar-refractivity contribution in [1.82, 2.24) is 0 Å². The van der Waals surface area contributed by atoms with Crippen molar-refractivity contribution in [3.05, 3.63) is 51.3 Å². The fourth-order valence-corrected chi connectivity index (χ4v) is 1.39. The zero-order valence-corrected chi connectivity index (χ0v) is 11.8. The highest BCUT2D eigenvalue weighted by Gasteiger charge is 2.23. The molecule has 1 aromatic carbocycles. The maximum Gasteiger partial charge on any atom is 0.376 e. The quantitative estimate of drug-likeness (QED) is 0.199. The summed E-state index contributed by atoms with van der Waals surface area (Å²) in [6, 6.07) is 7.21. The SMILES string of the molecule is CCOC(=O)C(OC(=O)c1ccc([N+](=O)[O-])cc1)=C(C#N)C#N. The van der Waals surface area contributed by atoms with Crippen molar-refractivity contribution in [2.75, 3.05) is 6.61 Å². The van der Waals surface area contributed by atoms with E-state index in [1.165, 1.54) is 19.1 Å². The Labute approximate surface area is 130 Å². The van der Waals surface area contributed by atoms with E-state index in [2.05, 4.69) is 4.74 Å². The van der Waals surface area contributed by atoms with Gasteiger partial charge < -0.3 is 9.47 Å². The number of carbonyl (C=O) groups excluding carboxylic acids is 2. The average Bonchev–Trinajstić information content (AvgIpc) is 2.55. The molecule has 0 aliphatic rings. The van der Waals surface area contributed by atoms with Gasteiger partial charge in [-0.15, -0.1) is 0 Å². The average molecular weight is 315 g/mol. The van der Waals surface area contributed by atoms with Crippen LogP contribution < -0.4 is 0 Å². The lowest BCUT2D eigenvalue weighted by Gasteiger charge is -2.07. The van der Waals surface area contributed by atoms with Gasteiger partial charge in [-0.05, 0) is 19.1 Å².